The maximum absolute atomic E-state index is 12.7. The van der Waals surface area contributed by atoms with E-state index in [9.17, 15) is 4.39 Å². The Kier molecular flexibility index (Phi) is 3.82. The minimum Gasteiger partial charge on any atom is -0.396 e. The van der Waals surface area contributed by atoms with Gasteiger partial charge < -0.3 is 5.11 Å². The zero-order valence-electron chi connectivity index (χ0n) is 7.03. The van der Waals surface area contributed by atoms with Crippen LogP contribution in [0.2, 0.25) is 0 Å². The molecule has 0 spiro atoms. The minimum absolute atomic E-state index is 0.00954. The van der Waals surface area contributed by atoms with Gasteiger partial charge >= 0.3 is 0 Å². The van der Waals surface area contributed by atoms with Crippen LogP contribution in [0.25, 0.3) is 0 Å². The van der Waals surface area contributed by atoms with Crippen LogP contribution in [0.5, 0.6) is 0 Å². The molecular formula is C9H11FO3. The summed E-state index contributed by atoms with van der Waals surface area (Å²) in [6.07, 6.45) is 0.358. The highest BCUT2D eigenvalue weighted by Crippen LogP contribution is 2.12. The Morgan fingerprint density at radius 2 is 2.08 bits per heavy atom. The van der Waals surface area contributed by atoms with E-state index in [1.807, 2.05) is 0 Å². The summed E-state index contributed by atoms with van der Waals surface area (Å²) in [4.78, 5) is 3.95. The fourth-order valence-corrected chi connectivity index (χ4v) is 1.16. The van der Waals surface area contributed by atoms with Crippen molar-refractivity contribution >= 4 is 0 Å². The van der Waals surface area contributed by atoms with Gasteiger partial charge in [-0.05, 0) is 29.7 Å². The molecule has 4 heteroatoms. The SMILES string of the molecule is OCCc1cc(F)ccc1COO. The maximum atomic E-state index is 12.7. The fraction of sp³-hybridized carbons (Fsp3) is 0.333. The molecule has 0 heterocycles. The first-order valence-electron chi connectivity index (χ1n) is 3.92. The van der Waals surface area contributed by atoms with Crippen molar-refractivity contribution in [1.29, 1.82) is 0 Å². The zero-order valence-corrected chi connectivity index (χ0v) is 7.03. The number of hydrogen-bond acceptors (Lipinski definition) is 3. The van der Waals surface area contributed by atoms with Gasteiger partial charge in [-0.3, -0.25) is 5.26 Å². The van der Waals surface area contributed by atoms with E-state index in [1.165, 1.54) is 18.2 Å². The normalized spacial score (nSPS) is 10.4. The van der Waals surface area contributed by atoms with Crippen LogP contribution in [0, 0.1) is 5.82 Å². The summed E-state index contributed by atoms with van der Waals surface area (Å²) in [5, 5.41) is 16.9. The van der Waals surface area contributed by atoms with Gasteiger partial charge in [0.15, 0.2) is 0 Å². The Hall–Kier alpha value is -0.970. The number of aliphatic hydroxyl groups is 1. The number of aliphatic hydroxyl groups excluding tert-OH is 1. The molecule has 0 fully saturated rings. The number of benzene rings is 1. The Morgan fingerprint density at radius 1 is 1.31 bits per heavy atom. The van der Waals surface area contributed by atoms with Crippen LogP contribution >= 0.6 is 0 Å². The molecule has 0 atom stereocenters. The largest absolute Gasteiger partial charge is 0.396 e. The lowest BCUT2D eigenvalue weighted by Gasteiger charge is -2.06. The van der Waals surface area contributed by atoms with Gasteiger partial charge in [-0.2, -0.15) is 0 Å². The molecule has 1 rings (SSSR count). The molecule has 2 N–H and O–H groups in total. The molecular weight excluding hydrogens is 175 g/mol. The summed E-state index contributed by atoms with van der Waals surface area (Å²) in [5.74, 6) is -0.356. The Balaban J connectivity index is 2.89. The predicted octanol–water partition coefficient (Wildman–Crippen LogP) is 1.35. The summed E-state index contributed by atoms with van der Waals surface area (Å²) < 4.78 is 12.7. The quantitative estimate of drug-likeness (QED) is 0.551. The van der Waals surface area contributed by atoms with Gasteiger partial charge in [0, 0.05) is 6.61 Å². The van der Waals surface area contributed by atoms with Gasteiger partial charge in [-0.1, -0.05) is 6.07 Å². The Bertz CT molecular complexity index is 276. The smallest absolute Gasteiger partial charge is 0.123 e. The molecule has 0 radical (unpaired) electrons. The first kappa shape index (κ1) is 10.1. The average Bonchev–Trinajstić information content (AvgIpc) is 2.10. The van der Waals surface area contributed by atoms with Crippen LogP contribution < -0.4 is 0 Å². The fourth-order valence-electron chi connectivity index (χ4n) is 1.16. The van der Waals surface area contributed by atoms with Gasteiger partial charge in [0.25, 0.3) is 0 Å². The molecule has 0 bridgehead atoms. The van der Waals surface area contributed by atoms with Crippen LogP contribution in [0.4, 0.5) is 4.39 Å². The second-order valence-electron chi connectivity index (χ2n) is 2.66. The molecule has 0 aliphatic carbocycles. The number of halogens is 1. The second kappa shape index (κ2) is 4.91. The van der Waals surface area contributed by atoms with E-state index >= 15 is 0 Å². The standard InChI is InChI=1S/C9H11FO3/c10-9-2-1-8(6-13-12)7(5-9)3-4-11/h1-2,5,11-12H,3-4,6H2. The van der Waals surface area contributed by atoms with Crippen LogP contribution in [0.1, 0.15) is 11.1 Å². The maximum Gasteiger partial charge on any atom is 0.123 e. The first-order valence-corrected chi connectivity index (χ1v) is 3.92. The van der Waals surface area contributed by atoms with E-state index in [0.717, 1.165) is 0 Å². The molecule has 1 aromatic carbocycles. The Morgan fingerprint density at radius 3 is 2.69 bits per heavy atom. The predicted molar refractivity (Wildman–Crippen MR) is 44.6 cm³/mol. The van der Waals surface area contributed by atoms with Crippen molar-refractivity contribution in [3.63, 3.8) is 0 Å². The number of rotatable bonds is 4. The third-order valence-corrected chi connectivity index (χ3v) is 1.77. The van der Waals surface area contributed by atoms with Crippen LogP contribution in [0.15, 0.2) is 18.2 Å². The van der Waals surface area contributed by atoms with Crippen molar-refractivity contribution in [2.45, 2.75) is 13.0 Å². The molecule has 0 aliphatic heterocycles. The third kappa shape index (κ3) is 2.77. The highest BCUT2D eigenvalue weighted by molar-refractivity contribution is 5.27. The van der Waals surface area contributed by atoms with Crippen molar-refractivity contribution in [3.8, 4) is 0 Å². The second-order valence-corrected chi connectivity index (χ2v) is 2.66. The van der Waals surface area contributed by atoms with Crippen LogP contribution in [-0.2, 0) is 17.9 Å². The van der Waals surface area contributed by atoms with E-state index in [-0.39, 0.29) is 19.0 Å². The van der Waals surface area contributed by atoms with Crippen LogP contribution in [-0.4, -0.2) is 17.0 Å². The first-order chi connectivity index (χ1) is 6.27. The highest BCUT2D eigenvalue weighted by atomic mass is 19.1. The number of hydrogen-bond donors (Lipinski definition) is 2. The average molecular weight is 186 g/mol. The topological polar surface area (TPSA) is 49.7 Å². The summed E-state index contributed by atoms with van der Waals surface area (Å²) in [6.45, 7) is -0.0442. The molecule has 0 unspecified atom stereocenters. The summed E-state index contributed by atoms with van der Waals surface area (Å²) >= 11 is 0. The summed E-state index contributed by atoms with van der Waals surface area (Å²) in [6, 6.07) is 4.14. The van der Waals surface area contributed by atoms with E-state index in [4.69, 9.17) is 10.4 Å². The monoisotopic (exact) mass is 186 g/mol. The van der Waals surface area contributed by atoms with Gasteiger partial charge in [-0.15, -0.1) is 0 Å². The lowest BCUT2D eigenvalue weighted by molar-refractivity contribution is -0.253. The van der Waals surface area contributed by atoms with Crippen molar-refractivity contribution in [2.75, 3.05) is 6.61 Å². The molecule has 1 aromatic rings. The van der Waals surface area contributed by atoms with E-state index < -0.39 is 0 Å². The minimum atomic E-state index is -0.356. The molecule has 0 aliphatic rings. The molecule has 0 saturated heterocycles. The molecule has 13 heavy (non-hydrogen) atoms. The summed E-state index contributed by atoms with van der Waals surface area (Å²) in [7, 11) is 0. The van der Waals surface area contributed by atoms with Crippen molar-refractivity contribution in [1.82, 2.24) is 0 Å². The van der Waals surface area contributed by atoms with Gasteiger partial charge in [0.1, 0.15) is 12.4 Å². The van der Waals surface area contributed by atoms with Gasteiger partial charge in [0.05, 0.1) is 0 Å². The van der Waals surface area contributed by atoms with E-state index in [1.54, 1.807) is 0 Å². The molecule has 72 valence electrons. The lowest BCUT2D eigenvalue weighted by atomic mass is 10.1. The molecule has 3 nitrogen and oxygen atoms in total. The molecule has 0 amide bonds. The van der Waals surface area contributed by atoms with Crippen molar-refractivity contribution in [3.05, 3.63) is 35.1 Å². The van der Waals surface area contributed by atoms with E-state index in [2.05, 4.69) is 4.89 Å². The van der Waals surface area contributed by atoms with Crippen molar-refractivity contribution in [2.24, 2.45) is 0 Å². The zero-order chi connectivity index (χ0) is 9.68. The summed E-state index contributed by atoms with van der Waals surface area (Å²) in [5.41, 5.74) is 1.33. The van der Waals surface area contributed by atoms with Crippen LogP contribution in [0.3, 0.4) is 0 Å². The highest BCUT2D eigenvalue weighted by Gasteiger charge is 2.03. The van der Waals surface area contributed by atoms with E-state index in [0.29, 0.717) is 17.5 Å². The third-order valence-electron chi connectivity index (χ3n) is 1.77. The Labute approximate surface area is 75.3 Å². The molecule has 0 aromatic heterocycles. The molecule has 0 saturated carbocycles. The van der Waals surface area contributed by atoms with Gasteiger partial charge in [-0.25, -0.2) is 9.28 Å². The van der Waals surface area contributed by atoms with Gasteiger partial charge in [0.2, 0.25) is 0 Å². The lowest BCUT2D eigenvalue weighted by Crippen LogP contribution is -1.99. The van der Waals surface area contributed by atoms with Crippen molar-refractivity contribution < 1.29 is 19.6 Å².